The zero-order valence-electron chi connectivity index (χ0n) is 17.2. The Bertz CT molecular complexity index is 832. The van der Waals surface area contributed by atoms with Gasteiger partial charge in [0.05, 0.1) is 13.2 Å². The number of rotatable bonds is 7. The van der Waals surface area contributed by atoms with Crippen molar-refractivity contribution in [2.75, 3.05) is 13.7 Å². The summed E-state index contributed by atoms with van der Waals surface area (Å²) in [5, 5.41) is 11.6. The van der Waals surface area contributed by atoms with Crippen LogP contribution in [0.25, 0.3) is 0 Å². The van der Waals surface area contributed by atoms with Crippen molar-refractivity contribution in [2.24, 2.45) is 10.9 Å². The number of ether oxygens (including phenoxy) is 1. The molecule has 2 aliphatic rings. The summed E-state index contributed by atoms with van der Waals surface area (Å²) in [6, 6.07) is 8.54. The highest BCUT2D eigenvalue weighted by Gasteiger charge is 2.23. The van der Waals surface area contributed by atoms with E-state index in [1.165, 1.54) is 12.8 Å². The fourth-order valence-corrected chi connectivity index (χ4v) is 3.48. The Kier molecular flexibility index (Phi) is 7.74. The second-order valence-corrected chi connectivity index (χ2v) is 7.65. The van der Waals surface area contributed by atoms with Crippen molar-refractivity contribution in [1.29, 1.82) is 0 Å². The molecule has 158 valence electrons. The molecule has 2 heterocycles. The van der Waals surface area contributed by atoms with E-state index in [2.05, 4.69) is 44.8 Å². The van der Waals surface area contributed by atoms with Gasteiger partial charge in [-0.25, -0.2) is 9.67 Å². The number of aliphatic imine (C=N–C) groups is 1. The Morgan fingerprint density at radius 2 is 2.10 bits per heavy atom. The maximum atomic E-state index is 6.01. The van der Waals surface area contributed by atoms with Crippen molar-refractivity contribution in [3.8, 4) is 5.75 Å². The molecule has 1 saturated carbocycles. The van der Waals surface area contributed by atoms with E-state index in [1.54, 1.807) is 0 Å². The summed E-state index contributed by atoms with van der Waals surface area (Å²) in [6.07, 6.45) is 5.45. The van der Waals surface area contributed by atoms with Crippen molar-refractivity contribution >= 4 is 29.9 Å². The maximum Gasteiger partial charge on any atom is 0.191 e. The van der Waals surface area contributed by atoms with Crippen molar-refractivity contribution in [3.05, 3.63) is 41.5 Å². The van der Waals surface area contributed by atoms with Crippen LogP contribution in [0.3, 0.4) is 0 Å². The molecule has 7 nitrogen and oxygen atoms in total. The van der Waals surface area contributed by atoms with Gasteiger partial charge >= 0.3 is 0 Å². The molecular weight excluding hydrogens is 479 g/mol. The van der Waals surface area contributed by atoms with Crippen LogP contribution < -0.4 is 15.4 Å². The number of benzene rings is 1. The molecule has 1 aromatic carbocycles. The molecule has 8 heteroatoms. The summed E-state index contributed by atoms with van der Waals surface area (Å²) in [7, 11) is 1.81. The van der Waals surface area contributed by atoms with Crippen LogP contribution in [0.4, 0.5) is 0 Å². The summed E-state index contributed by atoms with van der Waals surface area (Å²) < 4.78 is 8.05. The van der Waals surface area contributed by atoms with E-state index in [-0.39, 0.29) is 24.0 Å². The third-order valence-corrected chi connectivity index (χ3v) is 5.37. The summed E-state index contributed by atoms with van der Waals surface area (Å²) in [6.45, 7) is 4.42. The maximum absolute atomic E-state index is 6.01. The number of fused-ring (bicyclic) bond motifs is 1. The molecule has 2 aromatic rings. The van der Waals surface area contributed by atoms with Crippen LogP contribution in [-0.4, -0.2) is 40.4 Å². The molecule has 1 aliphatic heterocycles. The van der Waals surface area contributed by atoms with Gasteiger partial charge in [0.15, 0.2) is 11.8 Å². The predicted molar refractivity (Wildman–Crippen MR) is 125 cm³/mol. The molecule has 29 heavy (non-hydrogen) atoms. The molecule has 0 radical (unpaired) electrons. The lowest BCUT2D eigenvalue weighted by Gasteiger charge is -2.25. The topological polar surface area (TPSA) is 76.4 Å². The first-order valence-corrected chi connectivity index (χ1v) is 10.4. The number of hydrogen-bond donors (Lipinski definition) is 2. The summed E-state index contributed by atoms with van der Waals surface area (Å²) in [5.41, 5.74) is 1.15. The largest absolute Gasteiger partial charge is 0.493 e. The van der Waals surface area contributed by atoms with Crippen LogP contribution in [0.1, 0.15) is 43.4 Å². The van der Waals surface area contributed by atoms with Gasteiger partial charge in [0.2, 0.25) is 0 Å². The smallest absolute Gasteiger partial charge is 0.191 e. The Labute approximate surface area is 189 Å². The average Bonchev–Trinajstić information content (AvgIpc) is 3.47. The molecule has 1 aliphatic carbocycles. The van der Waals surface area contributed by atoms with E-state index < -0.39 is 0 Å². The SMILES string of the molecule is CCc1nc2n(n1)CC(NC(=NC)NCc1ccccc1OCC1CC1)CC2.I. The molecule has 0 bridgehead atoms. The summed E-state index contributed by atoms with van der Waals surface area (Å²) in [4.78, 5) is 8.98. The van der Waals surface area contributed by atoms with E-state index in [1.807, 2.05) is 23.9 Å². The number of nitrogens with zero attached hydrogens (tertiary/aromatic N) is 4. The quantitative estimate of drug-likeness (QED) is 0.341. The number of halogens is 1. The van der Waals surface area contributed by atoms with Gasteiger partial charge in [0.25, 0.3) is 0 Å². The van der Waals surface area contributed by atoms with E-state index >= 15 is 0 Å². The standard InChI is InChI=1S/C21H30N6O.HI/c1-3-19-25-20-11-10-17(13-27(20)26-19)24-21(22-2)23-12-16-6-4-5-7-18(16)28-14-15-8-9-15;/h4-7,15,17H,3,8-14H2,1-2H3,(H2,22,23,24);1H. The Morgan fingerprint density at radius 3 is 2.86 bits per heavy atom. The minimum absolute atomic E-state index is 0. The number of aromatic nitrogens is 3. The van der Waals surface area contributed by atoms with Crippen LogP contribution in [0.5, 0.6) is 5.75 Å². The minimum Gasteiger partial charge on any atom is -0.493 e. The highest BCUT2D eigenvalue weighted by atomic mass is 127. The van der Waals surface area contributed by atoms with Crippen LogP contribution in [0, 0.1) is 5.92 Å². The lowest BCUT2D eigenvalue weighted by Crippen LogP contribution is -2.46. The van der Waals surface area contributed by atoms with Crippen LogP contribution in [0.2, 0.25) is 0 Å². The van der Waals surface area contributed by atoms with Crippen molar-refractivity contribution < 1.29 is 4.74 Å². The van der Waals surface area contributed by atoms with Gasteiger partial charge < -0.3 is 15.4 Å². The third kappa shape index (κ3) is 5.83. The fourth-order valence-electron chi connectivity index (χ4n) is 3.48. The van der Waals surface area contributed by atoms with Gasteiger partial charge in [0, 0.05) is 38.0 Å². The number of aryl methyl sites for hydroxylation is 2. The first kappa shape index (κ1) is 21.9. The van der Waals surface area contributed by atoms with Gasteiger partial charge in [-0.1, -0.05) is 25.1 Å². The van der Waals surface area contributed by atoms with Crippen LogP contribution in [-0.2, 0) is 25.9 Å². The summed E-state index contributed by atoms with van der Waals surface area (Å²) in [5.74, 6) is 4.55. The molecule has 1 atom stereocenters. The Hall–Kier alpha value is -1.84. The molecule has 1 aromatic heterocycles. The van der Waals surface area contributed by atoms with Gasteiger partial charge in [-0.2, -0.15) is 5.10 Å². The number of para-hydroxylation sites is 1. The zero-order chi connectivity index (χ0) is 19.3. The molecule has 1 fully saturated rings. The van der Waals surface area contributed by atoms with E-state index in [0.29, 0.717) is 12.6 Å². The van der Waals surface area contributed by atoms with Crippen molar-refractivity contribution in [1.82, 2.24) is 25.4 Å². The highest BCUT2D eigenvalue weighted by molar-refractivity contribution is 14.0. The normalized spacial score (nSPS) is 18.6. The van der Waals surface area contributed by atoms with Gasteiger partial charge in [-0.15, -0.1) is 24.0 Å². The molecule has 4 rings (SSSR count). The minimum atomic E-state index is 0. The first-order chi connectivity index (χ1) is 13.7. The van der Waals surface area contributed by atoms with Crippen molar-refractivity contribution in [3.63, 3.8) is 0 Å². The Morgan fingerprint density at radius 1 is 1.28 bits per heavy atom. The zero-order valence-corrected chi connectivity index (χ0v) is 19.6. The van der Waals surface area contributed by atoms with Crippen LogP contribution >= 0.6 is 24.0 Å². The van der Waals surface area contributed by atoms with Gasteiger partial charge in [-0.3, -0.25) is 4.99 Å². The van der Waals surface area contributed by atoms with Crippen LogP contribution in [0.15, 0.2) is 29.3 Å². The monoisotopic (exact) mass is 510 g/mol. The molecule has 1 unspecified atom stereocenters. The molecule has 2 N–H and O–H groups in total. The fraction of sp³-hybridized carbons (Fsp3) is 0.571. The second-order valence-electron chi connectivity index (χ2n) is 7.65. The first-order valence-electron chi connectivity index (χ1n) is 10.4. The molecule has 0 spiro atoms. The van der Waals surface area contributed by atoms with E-state index in [9.17, 15) is 0 Å². The third-order valence-electron chi connectivity index (χ3n) is 5.37. The molecular formula is C21H31IN6O. The summed E-state index contributed by atoms with van der Waals surface area (Å²) >= 11 is 0. The predicted octanol–water partition coefficient (Wildman–Crippen LogP) is 2.93. The number of nitrogens with one attached hydrogen (secondary N) is 2. The highest BCUT2D eigenvalue weighted by Crippen LogP contribution is 2.30. The average molecular weight is 510 g/mol. The van der Waals surface area contributed by atoms with E-state index in [0.717, 1.165) is 67.3 Å². The lowest BCUT2D eigenvalue weighted by molar-refractivity contribution is 0.296. The van der Waals surface area contributed by atoms with Gasteiger partial charge in [-0.05, 0) is 31.2 Å². The number of hydrogen-bond acceptors (Lipinski definition) is 4. The van der Waals surface area contributed by atoms with Crippen molar-refractivity contribution in [2.45, 2.75) is 58.2 Å². The molecule has 0 amide bonds. The van der Waals surface area contributed by atoms with E-state index in [4.69, 9.17) is 4.74 Å². The molecule has 0 saturated heterocycles. The lowest BCUT2D eigenvalue weighted by atomic mass is 10.1. The second kappa shape index (κ2) is 10.3. The Balaban J connectivity index is 0.00000240. The number of guanidine groups is 1. The van der Waals surface area contributed by atoms with Gasteiger partial charge in [0.1, 0.15) is 11.6 Å².